The molecule has 0 spiro atoms. The third kappa shape index (κ3) is 4.65. The zero-order valence-corrected chi connectivity index (χ0v) is 21.6. The van der Waals surface area contributed by atoms with E-state index < -0.39 is 0 Å². The molecule has 4 heterocycles. The second-order valence-electron chi connectivity index (χ2n) is 8.64. The highest BCUT2D eigenvalue weighted by atomic mass is 79.9. The summed E-state index contributed by atoms with van der Waals surface area (Å²) in [4.78, 5) is 4.18. The lowest BCUT2D eigenvalue weighted by atomic mass is 9.95. The molecular weight excluding hydrogens is 524 g/mol. The van der Waals surface area contributed by atoms with E-state index >= 15 is 0 Å². The fraction of sp³-hybridized carbons (Fsp3) is 0.286. The first-order chi connectivity index (χ1) is 17.3. The van der Waals surface area contributed by atoms with Crippen LogP contribution in [0.3, 0.4) is 0 Å². The molecule has 0 radical (unpaired) electrons. The maximum atomic E-state index is 6.27. The summed E-state index contributed by atoms with van der Waals surface area (Å²) >= 11 is 0. The van der Waals surface area contributed by atoms with Crippen molar-refractivity contribution >= 4 is 10.8 Å². The molecule has 0 amide bonds. The minimum absolute atomic E-state index is 0. The second kappa shape index (κ2) is 10.6. The van der Waals surface area contributed by atoms with Gasteiger partial charge in [0.1, 0.15) is 0 Å². The molecule has 0 saturated heterocycles. The van der Waals surface area contributed by atoms with Crippen LogP contribution in [0, 0.1) is 0 Å². The number of pyridine rings is 2. The van der Waals surface area contributed by atoms with Crippen molar-refractivity contribution in [3.63, 3.8) is 0 Å². The lowest BCUT2D eigenvalue weighted by Gasteiger charge is -2.18. The number of nitrogens with zero attached hydrogens (tertiary/aromatic N) is 2. The number of methoxy groups -OCH3 is 1. The van der Waals surface area contributed by atoms with E-state index in [-0.39, 0.29) is 23.8 Å². The van der Waals surface area contributed by atoms with Gasteiger partial charge in [0.25, 0.3) is 0 Å². The molecule has 0 unspecified atom stereocenters. The number of benzene rings is 2. The number of aromatic nitrogens is 2. The highest BCUT2D eigenvalue weighted by Crippen LogP contribution is 2.41. The summed E-state index contributed by atoms with van der Waals surface area (Å²) in [5.41, 5.74) is 3.64. The van der Waals surface area contributed by atoms with E-state index in [1.165, 1.54) is 16.8 Å². The van der Waals surface area contributed by atoms with Crippen LogP contribution < -0.4 is 45.2 Å². The lowest BCUT2D eigenvalue weighted by molar-refractivity contribution is -0.686. The Labute approximate surface area is 220 Å². The van der Waals surface area contributed by atoms with Gasteiger partial charge in [0.15, 0.2) is 35.7 Å². The van der Waals surface area contributed by atoms with Gasteiger partial charge in [-0.1, -0.05) is 6.07 Å². The third-order valence-electron chi connectivity index (χ3n) is 6.47. The predicted molar refractivity (Wildman–Crippen MR) is 130 cm³/mol. The summed E-state index contributed by atoms with van der Waals surface area (Å²) in [6.07, 6.45) is 6.59. The van der Waals surface area contributed by atoms with Crippen molar-refractivity contribution in [2.45, 2.75) is 25.8 Å². The van der Waals surface area contributed by atoms with Gasteiger partial charge in [-0.3, -0.25) is 0 Å². The van der Waals surface area contributed by atoms with Crippen molar-refractivity contribution in [3.8, 4) is 40.1 Å². The Morgan fingerprint density at radius 1 is 0.972 bits per heavy atom. The minimum atomic E-state index is 0. The highest BCUT2D eigenvalue weighted by molar-refractivity contribution is 5.91. The first-order valence-electron chi connectivity index (χ1n) is 11.9. The number of hydrogen-bond donors (Lipinski definition) is 0. The van der Waals surface area contributed by atoms with Crippen molar-refractivity contribution in [1.82, 2.24) is 4.98 Å². The van der Waals surface area contributed by atoms with Gasteiger partial charge in [-0.25, -0.2) is 4.98 Å². The smallest absolute Gasteiger partial charge is 0.231 e. The van der Waals surface area contributed by atoms with Gasteiger partial charge in [0, 0.05) is 24.8 Å². The zero-order valence-electron chi connectivity index (χ0n) is 20.0. The van der Waals surface area contributed by atoms with E-state index in [1.54, 1.807) is 13.3 Å². The summed E-state index contributed by atoms with van der Waals surface area (Å²) in [6, 6.07) is 16.2. The van der Waals surface area contributed by atoms with Crippen LogP contribution in [0.1, 0.15) is 18.4 Å². The Morgan fingerprint density at radius 3 is 2.61 bits per heavy atom. The molecule has 186 valence electrons. The molecule has 2 aromatic heterocycles. The molecule has 4 aromatic rings. The Morgan fingerprint density at radius 2 is 1.81 bits per heavy atom. The van der Waals surface area contributed by atoms with Gasteiger partial charge >= 0.3 is 0 Å². The lowest BCUT2D eigenvalue weighted by Crippen LogP contribution is -3.00. The Balaban J connectivity index is 0.00000267. The molecule has 0 bridgehead atoms. The normalized spacial score (nSPS) is 12.9. The average molecular weight is 551 g/mol. The van der Waals surface area contributed by atoms with Crippen LogP contribution in [0.4, 0.5) is 0 Å². The standard InChI is InChI=1S/C28H27N2O5.BrH/c1-31-24-8-7-19-14-23-21-16-26-25(34-18-35-26)15-20(21)9-11-30(23)17-22(19)28(24)33-13-5-4-12-32-27-6-2-3-10-29-27;/h2-3,6-8,10,14-17H,4-5,9,11-13,18H2,1H3;1H/q+1;/p-1. The summed E-state index contributed by atoms with van der Waals surface area (Å²) in [6.45, 7) is 2.36. The molecule has 7 nitrogen and oxygen atoms in total. The molecule has 2 aromatic carbocycles. The van der Waals surface area contributed by atoms with Crippen molar-refractivity contribution < 1.29 is 45.2 Å². The minimum Gasteiger partial charge on any atom is -1.00 e. The number of hydrogen-bond acceptors (Lipinski definition) is 6. The van der Waals surface area contributed by atoms with E-state index in [0.717, 1.165) is 59.6 Å². The first kappa shape index (κ1) is 24.2. The maximum Gasteiger partial charge on any atom is 0.231 e. The van der Waals surface area contributed by atoms with Crippen molar-refractivity contribution in [3.05, 3.63) is 66.5 Å². The molecule has 2 aliphatic heterocycles. The number of fused-ring (bicyclic) bond motifs is 5. The predicted octanol–water partition coefficient (Wildman–Crippen LogP) is 1.72. The fourth-order valence-corrected chi connectivity index (χ4v) is 4.69. The quantitative estimate of drug-likeness (QED) is 0.246. The molecule has 0 aliphatic carbocycles. The second-order valence-corrected chi connectivity index (χ2v) is 8.64. The average Bonchev–Trinajstić information content (AvgIpc) is 3.36. The van der Waals surface area contributed by atoms with Crippen LogP contribution in [-0.4, -0.2) is 32.1 Å². The first-order valence-corrected chi connectivity index (χ1v) is 11.9. The zero-order chi connectivity index (χ0) is 23.6. The monoisotopic (exact) mass is 550 g/mol. The molecule has 0 fully saturated rings. The topological polar surface area (TPSA) is 62.9 Å². The van der Waals surface area contributed by atoms with Crippen LogP contribution in [0.2, 0.25) is 0 Å². The van der Waals surface area contributed by atoms with Crippen LogP contribution in [-0.2, 0) is 13.0 Å². The summed E-state index contributed by atoms with van der Waals surface area (Å²) in [5.74, 6) is 3.81. The summed E-state index contributed by atoms with van der Waals surface area (Å²) < 4.78 is 31.1. The van der Waals surface area contributed by atoms with Crippen LogP contribution in [0.25, 0.3) is 22.0 Å². The molecule has 0 N–H and O–H groups in total. The van der Waals surface area contributed by atoms with Gasteiger partial charge in [0.05, 0.1) is 31.3 Å². The Kier molecular flexibility index (Phi) is 7.13. The Bertz CT molecular complexity index is 1380. The van der Waals surface area contributed by atoms with E-state index in [0.29, 0.717) is 19.1 Å². The largest absolute Gasteiger partial charge is 1.00 e. The Hall–Kier alpha value is -3.52. The van der Waals surface area contributed by atoms with Crippen LogP contribution >= 0.6 is 0 Å². The van der Waals surface area contributed by atoms with Gasteiger partial charge in [0.2, 0.25) is 18.4 Å². The molecule has 6 rings (SSSR count). The molecular formula is C28H27BrN2O5. The van der Waals surface area contributed by atoms with Crippen molar-refractivity contribution in [2.75, 3.05) is 27.1 Å². The molecule has 0 saturated carbocycles. The highest BCUT2D eigenvalue weighted by Gasteiger charge is 2.28. The van der Waals surface area contributed by atoms with Gasteiger partial charge in [-0.2, -0.15) is 4.57 Å². The van der Waals surface area contributed by atoms with Gasteiger partial charge in [-0.15, -0.1) is 0 Å². The van der Waals surface area contributed by atoms with E-state index in [1.807, 2.05) is 24.3 Å². The van der Waals surface area contributed by atoms with E-state index in [9.17, 15) is 0 Å². The van der Waals surface area contributed by atoms with Gasteiger partial charge < -0.3 is 40.7 Å². The number of unbranched alkanes of at least 4 members (excludes halogenated alkanes) is 1. The molecule has 0 atom stereocenters. The van der Waals surface area contributed by atoms with Crippen molar-refractivity contribution in [1.29, 1.82) is 0 Å². The fourth-order valence-electron chi connectivity index (χ4n) is 4.69. The van der Waals surface area contributed by atoms with E-state index in [2.05, 4.69) is 40.0 Å². The van der Waals surface area contributed by atoms with Crippen LogP contribution in [0.15, 0.2) is 60.9 Å². The number of ether oxygens (including phenoxy) is 5. The van der Waals surface area contributed by atoms with Crippen molar-refractivity contribution in [2.24, 2.45) is 0 Å². The molecule has 36 heavy (non-hydrogen) atoms. The summed E-state index contributed by atoms with van der Waals surface area (Å²) in [5, 5.41) is 2.15. The molecule has 8 heteroatoms. The number of aryl methyl sites for hydroxylation is 2. The number of rotatable bonds is 8. The third-order valence-corrected chi connectivity index (χ3v) is 6.47. The van der Waals surface area contributed by atoms with E-state index in [4.69, 9.17) is 23.7 Å². The molecule has 2 aliphatic rings. The SMILES string of the molecule is COc1ccc2cc3[n+](cc2c1OCCCCOc1ccccn1)CCc1cc2c(cc1-3)OCO2.[Br-]. The summed E-state index contributed by atoms with van der Waals surface area (Å²) in [7, 11) is 1.68. The van der Waals surface area contributed by atoms with Gasteiger partial charge in [-0.05, 0) is 54.1 Å². The number of halogens is 1. The van der Waals surface area contributed by atoms with Crippen LogP contribution in [0.5, 0.6) is 28.9 Å². The maximum absolute atomic E-state index is 6.27.